The fraction of sp³-hybridized carbons (Fsp3) is 0.458. The number of carbonyl (C=O) groups is 2. The van der Waals surface area contributed by atoms with E-state index in [0.29, 0.717) is 32.4 Å². The SMILES string of the molecule is CCC[C@H](NC(=O)C1O[C@H]1C(O)NCCc1ccc(O)cc1)C(=O)NCCc1ccccn1. The highest BCUT2D eigenvalue weighted by molar-refractivity contribution is 5.90. The number of epoxide rings is 1. The lowest BCUT2D eigenvalue weighted by atomic mass is 10.1. The summed E-state index contributed by atoms with van der Waals surface area (Å²) >= 11 is 0. The van der Waals surface area contributed by atoms with Gasteiger partial charge in [0.25, 0.3) is 5.91 Å². The molecule has 4 atom stereocenters. The van der Waals surface area contributed by atoms with Crippen molar-refractivity contribution in [2.45, 2.75) is 57.1 Å². The molecule has 0 radical (unpaired) electrons. The van der Waals surface area contributed by atoms with Crippen LogP contribution in [-0.4, -0.2) is 64.6 Å². The Hall–Kier alpha value is -3.01. The number of nitrogens with zero attached hydrogens (tertiary/aromatic N) is 1. The van der Waals surface area contributed by atoms with Crippen LogP contribution in [0.15, 0.2) is 48.7 Å². The van der Waals surface area contributed by atoms with E-state index in [2.05, 4.69) is 20.9 Å². The number of aromatic nitrogens is 1. The monoisotopic (exact) mass is 456 g/mol. The first-order chi connectivity index (χ1) is 16.0. The van der Waals surface area contributed by atoms with Crippen molar-refractivity contribution in [1.82, 2.24) is 20.9 Å². The smallest absolute Gasteiger partial charge is 0.252 e. The van der Waals surface area contributed by atoms with Gasteiger partial charge in [-0.3, -0.25) is 19.9 Å². The highest BCUT2D eigenvalue weighted by Gasteiger charge is 2.50. The molecule has 2 unspecified atom stereocenters. The second-order valence-corrected chi connectivity index (χ2v) is 8.05. The average molecular weight is 457 g/mol. The first-order valence-electron chi connectivity index (χ1n) is 11.3. The van der Waals surface area contributed by atoms with Crippen LogP contribution < -0.4 is 16.0 Å². The van der Waals surface area contributed by atoms with Gasteiger partial charge in [-0.15, -0.1) is 0 Å². The Bertz CT molecular complexity index is 893. The van der Waals surface area contributed by atoms with Gasteiger partial charge >= 0.3 is 0 Å². The molecule has 0 saturated carbocycles. The average Bonchev–Trinajstić information content (AvgIpc) is 3.62. The third-order valence-corrected chi connectivity index (χ3v) is 5.42. The number of nitrogens with one attached hydrogen (secondary N) is 3. The van der Waals surface area contributed by atoms with Crippen molar-refractivity contribution in [3.63, 3.8) is 0 Å². The summed E-state index contributed by atoms with van der Waals surface area (Å²) in [5.41, 5.74) is 1.89. The minimum atomic E-state index is -0.991. The lowest BCUT2D eigenvalue weighted by molar-refractivity contribution is -0.129. The van der Waals surface area contributed by atoms with Gasteiger partial charge < -0.3 is 25.6 Å². The zero-order chi connectivity index (χ0) is 23.6. The van der Waals surface area contributed by atoms with Crippen molar-refractivity contribution < 1.29 is 24.5 Å². The number of phenols is 1. The summed E-state index contributed by atoms with van der Waals surface area (Å²) in [6.45, 7) is 2.86. The number of hydrogen-bond donors (Lipinski definition) is 5. The molecule has 2 heterocycles. The molecule has 1 aromatic heterocycles. The first-order valence-corrected chi connectivity index (χ1v) is 11.3. The van der Waals surface area contributed by atoms with Crippen molar-refractivity contribution in [3.05, 3.63) is 59.9 Å². The topological polar surface area (TPSA) is 136 Å². The molecule has 1 aromatic carbocycles. The molecule has 1 aliphatic rings. The molecule has 1 fully saturated rings. The number of ether oxygens (including phenoxy) is 1. The molecule has 0 aliphatic carbocycles. The molecule has 9 nitrogen and oxygen atoms in total. The van der Waals surface area contributed by atoms with E-state index in [0.717, 1.165) is 17.7 Å². The van der Waals surface area contributed by atoms with Crippen LogP contribution in [0.25, 0.3) is 0 Å². The maximum absolute atomic E-state index is 12.5. The number of aromatic hydroxyl groups is 1. The van der Waals surface area contributed by atoms with Gasteiger partial charge in [-0.25, -0.2) is 0 Å². The van der Waals surface area contributed by atoms with E-state index in [-0.39, 0.29) is 11.7 Å². The van der Waals surface area contributed by atoms with Crippen molar-refractivity contribution in [2.75, 3.05) is 13.1 Å². The summed E-state index contributed by atoms with van der Waals surface area (Å²) in [6.07, 6.45) is 1.77. The summed E-state index contributed by atoms with van der Waals surface area (Å²) in [4.78, 5) is 29.3. The van der Waals surface area contributed by atoms with Crippen LogP contribution >= 0.6 is 0 Å². The van der Waals surface area contributed by atoms with Gasteiger partial charge in [0.15, 0.2) is 6.10 Å². The second-order valence-electron chi connectivity index (χ2n) is 8.05. The Balaban J connectivity index is 1.38. The van der Waals surface area contributed by atoms with Gasteiger partial charge in [-0.05, 0) is 42.7 Å². The van der Waals surface area contributed by atoms with Gasteiger partial charge in [-0.2, -0.15) is 0 Å². The van der Waals surface area contributed by atoms with Crippen LogP contribution in [0.1, 0.15) is 31.0 Å². The van der Waals surface area contributed by atoms with Crippen molar-refractivity contribution in [2.24, 2.45) is 0 Å². The maximum atomic E-state index is 12.5. The molecule has 178 valence electrons. The summed E-state index contributed by atoms with van der Waals surface area (Å²) < 4.78 is 5.36. The summed E-state index contributed by atoms with van der Waals surface area (Å²) in [5.74, 6) is -0.446. The number of aliphatic hydroxyl groups is 1. The fourth-order valence-electron chi connectivity index (χ4n) is 3.51. The summed E-state index contributed by atoms with van der Waals surface area (Å²) in [7, 11) is 0. The third-order valence-electron chi connectivity index (χ3n) is 5.42. The number of benzene rings is 1. The van der Waals surface area contributed by atoms with Crippen LogP contribution in [0.2, 0.25) is 0 Å². The van der Waals surface area contributed by atoms with Gasteiger partial charge in [0, 0.05) is 31.4 Å². The Labute approximate surface area is 193 Å². The number of amides is 2. The maximum Gasteiger partial charge on any atom is 0.252 e. The summed E-state index contributed by atoms with van der Waals surface area (Å²) in [6, 6.07) is 11.8. The highest BCUT2D eigenvalue weighted by Crippen LogP contribution is 2.25. The quantitative estimate of drug-likeness (QED) is 0.221. The predicted molar refractivity (Wildman–Crippen MR) is 122 cm³/mol. The molecule has 1 saturated heterocycles. The van der Waals surface area contributed by atoms with Gasteiger partial charge in [0.1, 0.15) is 24.1 Å². The van der Waals surface area contributed by atoms with Crippen LogP contribution in [-0.2, 0) is 27.2 Å². The fourth-order valence-corrected chi connectivity index (χ4v) is 3.51. The van der Waals surface area contributed by atoms with E-state index in [4.69, 9.17) is 4.74 Å². The number of carbonyl (C=O) groups excluding carboxylic acids is 2. The lowest BCUT2D eigenvalue weighted by Gasteiger charge is -2.17. The highest BCUT2D eigenvalue weighted by atomic mass is 16.6. The molecule has 0 bridgehead atoms. The Morgan fingerprint density at radius 2 is 1.91 bits per heavy atom. The third kappa shape index (κ3) is 7.81. The number of phenolic OH excluding ortho intramolecular Hbond substituents is 1. The molecule has 0 spiro atoms. The van der Waals surface area contributed by atoms with Gasteiger partial charge in [0.2, 0.25) is 5.91 Å². The zero-order valence-corrected chi connectivity index (χ0v) is 18.7. The van der Waals surface area contributed by atoms with E-state index in [1.807, 2.05) is 37.3 Å². The minimum absolute atomic E-state index is 0.204. The van der Waals surface area contributed by atoms with E-state index >= 15 is 0 Å². The molecule has 5 N–H and O–H groups in total. The predicted octanol–water partition coefficient (Wildman–Crippen LogP) is 0.649. The minimum Gasteiger partial charge on any atom is -0.508 e. The number of rotatable bonds is 13. The van der Waals surface area contributed by atoms with E-state index in [1.54, 1.807) is 18.3 Å². The zero-order valence-electron chi connectivity index (χ0n) is 18.7. The normalized spacial score (nSPS) is 18.8. The van der Waals surface area contributed by atoms with Crippen molar-refractivity contribution >= 4 is 11.8 Å². The van der Waals surface area contributed by atoms with Crippen molar-refractivity contribution in [3.8, 4) is 5.75 Å². The Kier molecular flexibility index (Phi) is 9.17. The summed E-state index contributed by atoms with van der Waals surface area (Å²) in [5, 5.41) is 28.1. The molecule has 33 heavy (non-hydrogen) atoms. The molecular weight excluding hydrogens is 424 g/mol. The second kappa shape index (κ2) is 12.3. The molecule has 2 aromatic rings. The van der Waals surface area contributed by atoms with Crippen molar-refractivity contribution in [1.29, 1.82) is 0 Å². The van der Waals surface area contributed by atoms with Crippen LogP contribution in [0.4, 0.5) is 0 Å². The van der Waals surface area contributed by atoms with Gasteiger partial charge in [0.05, 0.1) is 0 Å². The Morgan fingerprint density at radius 1 is 1.12 bits per heavy atom. The molecule has 1 aliphatic heterocycles. The first kappa shape index (κ1) is 24.6. The van der Waals surface area contributed by atoms with E-state index < -0.39 is 30.4 Å². The molecule has 3 rings (SSSR count). The van der Waals surface area contributed by atoms with Crippen LogP contribution in [0.3, 0.4) is 0 Å². The number of pyridine rings is 1. The molecular formula is C24H32N4O5. The molecule has 2 amide bonds. The molecule has 9 heteroatoms. The van der Waals surface area contributed by atoms with Crippen LogP contribution in [0, 0.1) is 0 Å². The van der Waals surface area contributed by atoms with Crippen LogP contribution in [0.5, 0.6) is 5.75 Å². The number of hydrogen-bond acceptors (Lipinski definition) is 7. The van der Waals surface area contributed by atoms with E-state index in [1.165, 1.54) is 0 Å². The lowest BCUT2D eigenvalue weighted by Crippen LogP contribution is -2.49. The Morgan fingerprint density at radius 3 is 2.61 bits per heavy atom. The largest absolute Gasteiger partial charge is 0.508 e. The van der Waals surface area contributed by atoms with E-state index in [9.17, 15) is 19.8 Å². The standard InChI is InChI=1S/C24H32N4O5/c1-2-5-19(22(30)26-15-12-17-6-3-4-13-25-17)28-24(32)21-20(33-21)23(31)27-14-11-16-7-9-18(29)10-8-16/h3-4,6-10,13,19-21,23,27,29,31H,2,5,11-12,14-15H2,1H3,(H,26,30)(H,28,32)/t19-,20+,21?,23?/m0/s1. The number of aliphatic hydroxyl groups excluding tert-OH is 1. The van der Waals surface area contributed by atoms with Gasteiger partial charge in [-0.1, -0.05) is 31.5 Å².